The van der Waals surface area contributed by atoms with E-state index in [4.69, 9.17) is 0 Å². The van der Waals surface area contributed by atoms with Crippen LogP contribution < -0.4 is 0 Å². The van der Waals surface area contributed by atoms with E-state index in [0.29, 0.717) is 18.0 Å². The van der Waals surface area contributed by atoms with Gasteiger partial charge in [0.05, 0.1) is 4.91 Å². The highest BCUT2D eigenvalue weighted by Crippen LogP contribution is 2.34. The molecular weight excluding hydrogens is 374 g/mol. The van der Waals surface area contributed by atoms with E-state index in [1.54, 1.807) is 11.0 Å². The van der Waals surface area contributed by atoms with Gasteiger partial charge in [0.15, 0.2) is 0 Å². The lowest BCUT2D eigenvalue weighted by Crippen LogP contribution is -2.40. The summed E-state index contributed by atoms with van der Waals surface area (Å²) in [5.74, 6) is -0.532. The fourth-order valence-corrected chi connectivity index (χ4v) is 4.62. The molecule has 7 heteroatoms. The summed E-state index contributed by atoms with van der Waals surface area (Å²) in [5.41, 5.74) is 2.03. The third-order valence-corrected chi connectivity index (χ3v) is 6.10. The van der Waals surface area contributed by atoms with Crippen LogP contribution in [-0.4, -0.2) is 51.1 Å². The van der Waals surface area contributed by atoms with Crippen LogP contribution >= 0.6 is 11.8 Å². The first-order valence-corrected chi connectivity index (χ1v) is 10.5. The van der Waals surface area contributed by atoms with Gasteiger partial charge < -0.3 is 9.47 Å². The van der Waals surface area contributed by atoms with Crippen molar-refractivity contribution < 1.29 is 14.4 Å². The van der Waals surface area contributed by atoms with E-state index in [0.717, 1.165) is 58.9 Å². The van der Waals surface area contributed by atoms with Gasteiger partial charge in [-0.15, -0.1) is 0 Å². The maximum absolute atomic E-state index is 12.8. The molecule has 0 N–H and O–H groups in total. The molecule has 2 fully saturated rings. The second-order valence-corrected chi connectivity index (χ2v) is 8.14. The van der Waals surface area contributed by atoms with Crippen molar-refractivity contribution in [2.75, 3.05) is 19.6 Å². The Morgan fingerprint density at radius 1 is 1.18 bits per heavy atom. The highest BCUT2D eigenvalue weighted by atomic mass is 32.2. The molecule has 1 aromatic carbocycles. The Kier molecular flexibility index (Phi) is 5.26. The number of fused-ring (bicyclic) bond motifs is 1. The topological polar surface area (TPSA) is 62.6 Å². The van der Waals surface area contributed by atoms with Crippen LogP contribution in [0.1, 0.15) is 31.7 Å². The minimum absolute atomic E-state index is 0.152. The van der Waals surface area contributed by atoms with Crippen LogP contribution in [0.5, 0.6) is 0 Å². The van der Waals surface area contributed by atoms with Gasteiger partial charge in [0.25, 0.3) is 11.1 Å². The lowest BCUT2D eigenvalue weighted by atomic mass is 10.1. The number of amides is 3. The molecule has 2 aliphatic rings. The molecule has 4 rings (SSSR count). The number of nitrogens with zero attached hydrogens (tertiary/aromatic N) is 3. The third-order valence-electron chi connectivity index (χ3n) is 5.20. The first-order chi connectivity index (χ1) is 13.6. The van der Waals surface area contributed by atoms with E-state index in [9.17, 15) is 14.4 Å². The van der Waals surface area contributed by atoms with Crippen LogP contribution in [0.25, 0.3) is 17.0 Å². The van der Waals surface area contributed by atoms with Crippen molar-refractivity contribution in [1.29, 1.82) is 0 Å². The molecular formula is C21H23N3O3S. The van der Waals surface area contributed by atoms with Crippen molar-refractivity contribution >= 4 is 45.8 Å². The van der Waals surface area contributed by atoms with Gasteiger partial charge in [-0.1, -0.05) is 25.1 Å². The molecule has 0 bridgehead atoms. The van der Waals surface area contributed by atoms with Crippen molar-refractivity contribution in [1.82, 2.24) is 14.4 Å². The Bertz CT molecular complexity index is 972. The minimum Gasteiger partial charge on any atom is -0.347 e. The summed E-state index contributed by atoms with van der Waals surface area (Å²) in [6.07, 6.45) is 6.77. The Balaban J connectivity index is 1.59. The monoisotopic (exact) mass is 397 g/mol. The molecule has 2 saturated heterocycles. The van der Waals surface area contributed by atoms with Crippen molar-refractivity contribution in [3.8, 4) is 0 Å². The quantitative estimate of drug-likeness (QED) is 0.722. The van der Waals surface area contributed by atoms with Gasteiger partial charge in [0.2, 0.25) is 5.91 Å². The normalized spacial score (nSPS) is 18.8. The van der Waals surface area contributed by atoms with Gasteiger partial charge in [0.1, 0.15) is 6.54 Å². The smallest absolute Gasteiger partial charge is 0.294 e. The number of rotatable bonds is 5. The largest absolute Gasteiger partial charge is 0.347 e. The van der Waals surface area contributed by atoms with E-state index in [1.165, 1.54) is 0 Å². The van der Waals surface area contributed by atoms with E-state index < -0.39 is 0 Å². The Labute approximate surface area is 168 Å². The zero-order chi connectivity index (χ0) is 19.7. The molecule has 0 saturated carbocycles. The molecule has 3 heterocycles. The zero-order valence-corrected chi connectivity index (χ0v) is 16.7. The number of imide groups is 1. The molecule has 0 atom stereocenters. The van der Waals surface area contributed by atoms with Crippen LogP contribution in [0.3, 0.4) is 0 Å². The second-order valence-electron chi connectivity index (χ2n) is 7.15. The standard InChI is InChI=1S/C21H23N3O3S/c1-2-9-23-13-15(16-7-3-4-8-17(16)23)12-18-20(26)24(21(27)28-18)14-19(25)22-10-5-6-11-22/h3-4,7-8,12-13H,2,5-6,9-11,14H2,1H3/b18-12-. The van der Waals surface area contributed by atoms with E-state index in [2.05, 4.69) is 17.6 Å². The minimum atomic E-state index is -0.380. The van der Waals surface area contributed by atoms with Crippen molar-refractivity contribution in [3.05, 3.63) is 40.9 Å². The first-order valence-electron chi connectivity index (χ1n) is 9.69. The summed E-state index contributed by atoms with van der Waals surface area (Å²) in [7, 11) is 0. The van der Waals surface area contributed by atoms with Crippen LogP contribution in [0.15, 0.2) is 35.4 Å². The van der Waals surface area contributed by atoms with Gasteiger partial charge in [-0.2, -0.15) is 0 Å². The SMILES string of the molecule is CCCn1cc(/C=C2\SC(=O)N(CC(=O)N3CCCC3)C2=O)c2ccccc21. The number of aromatic nitrogens is 1. The molecule has 2 aliphatic heterocycles. The highest BCUT2D eigenvalue weighted by molar-refractivity contribution is 8.18. The number of carbonyl (C=O) groups excluding carboxylic acids is 3. The molecule has 0 aliphatic carbocycles. The fraction of sp³-hybridized carbons (Fsp3) is 0.381. The van der Waals surface area contributed by atoms with Crippen molar-refractivity contribution in [2.24, 2.45) is 0 Å². The summed E-state index contributed by atoms with van der Waals surface area (Å²) in [6, 6.07) is 8.05. The number of likely N-dealkylation sites (tertiary alicyclic amines) is 1. The average molecular weight is 398 g/mol. The maximum Gasteiger partial charge on any atom is 0.294 e. The van der Waals surface area contributed by atoms with E-state index >= 15 is 0 Å². The Morgan fingerprint density at radius 2 is 1.93 bits per heavy atom. The van der Waals surface area contributed by atoms with Crippen LogP contribution in [0.2, 0.25) is 0 Å². The van der Waals surface area contributed by atoms with Crippen molar-refractivity contribution in [3.63, 3.8) is 0 Å². The maximum atomic E-state index is 12.8. The molecule has 0 spiro atoms. The van der Waals surface area contributed by atoms with Gasteiger partial charge in [-0.25, -0.2) is 0 Å². The summed E-state index contributed by atoms with van der Waals surface area (Å²) < 4.78 is 2.17. The van der Waals surface area contributed by atoms with Gasteiger partial charge in [-0.05, 0) is 43.2 Å². The predicted molar refractivity (Wildman–Crippen MR) is 111 cm³/mol. The van der Waals surface area contributed by atoms with E-state index in [1.807, 2.05) is 24.4 Å². The number of thioether (sulfide) groups is 1. The lowest BCUT2D eigenvalue weighted by molar-refractivity contribution is -0.135. The summed E-state index contributed by atoms with van der Waals surface area (Å²) in [6.45, 7) is 4.26. The van der Waals surface area contributed by atoms with Crippen molar-refractivity contribution in [2.45, 2.75) is 32.7 Å². The Hall–Kier alpha value is -2.54. The molecule has 28 heavy (non-hydrogen) atoms. The summed E-state index contributed by atoms with van der Waals surface area (Å²) in [5, 5.41) is 0.678. The van der Waals surface area contributed by atoms with Gasteiger partial charge in [-0.3, -0.25) is 19.3 Å². The lowest BCUT2D eigenvalue weighted by Gasteiger charge is -2.18. The Morgan fingerprint density at radius 3 is 2.68 bits per heavy atom. The molecule has 2 aromatic rings. The highest BCUT2D eigenvalue weighted by Gasteiger charge is 2.37. The predicted octanol–water partition coefficient (Wildman–Crippen LogP) is 3.71. The number of aryl methyl sites for hydroxylation is 1. The molecule has 3 amide bonds. The van der Waals surface area contributed by atoms with Crippen LogP contribution in [0.4, 0.5) is 4.79 Å². The molecule has 0 unspecified atom stereocenters. The molecule has 1 aromatic heterocycles. The number of hydrogen-bond acceptors (Lipinski definition) is 4. The van der Waals surface area contributed by atoms with Gasteiger partial charge in [0, 0.05) is 42.3 Å². The number of hydrogen-bond donors (Lipinski definition) is 0. The van der Waals surface area contributed by atoms with Crippen LogP contribution in [0, 0.1) is 0 Å². The van der Waals surface area contributed by atoms with E-state index in [-0.39, 0.29) is 23.6 Å². The van der Waals surface area contributed by atoms with Crippen LogP contribution in [-0.2, 0) is 16.1 Å². The molecule has 0 radical (unpaired) electrons. The van der Waals surface area contributed by atoms with Gasteiger partial charge >= 0.3 is 0 Å². The number of benzene rings is 1. The second kappa shape index (κ2) is 7.83. The summed E-state index contributed by atoms with van der Waals surface area (Å²) >= 11 is 0.911. The number of para-hydroxylation sites is 1. The number of carbonyl (C=O) groups is 3. The summed E-state index contributed by atoms with van der Waals surface area (Å²) in [4.78, 5) is 40.7. The first kappa shape index (κ1) is 18.8. The average Bonchev–Trinajstić information content (AvgIpc) is 3.39. The molecule has 146 valence electrons. The third kappa shape index (κ3) is 3.46. The fourth-order valence-electron chi connectivity index (χ4n) is 3.80. The molecule has 6 nitrogen and oxygen atoms in total. The zero-order valence-electron chi connectivity index (χ0n) is 15.9.